The van der Waals surface area contributed by atoms with Crippen molar-refractivity contribution < 1.29 is 14.7 Å². The Morgan fingerprint density at radius 3 is 2.47 bits per heavy atom. The number of phenols is 1. The van der Waals surface area contributed by atoms with E-state index in [1.165, 1.54) is 24.4 Å². The van der Waals surface area contributed by atoms with Gasteiger partial charge in [0, 0.05) is 48.1 Å². The third-order valence-electron chi connectivity index (χ3n) is 5.34. The normalized spacial score (nSPS) is 10.9. The largest absolute Gasteiger partial charge is 0.507 e. The summed E-state index contributed by atoms with van der Waals surface area (Å²) in [5.74, 6) is -0.914. The van der Waals surface area contributed by atoms with Gasteiger partial charge in [0.25, 0.3) is 11.8 Å². The number of hydrazone groups is 1. The molecule has 2 N–H and O–H groups in total. The van der Waals surface area contributed by atoms with Crippen LogP contribution in [0.15, 0.2) is 78.0 Å². The van der Waals surface area contributed by atoms with Crippen LogP contribution in [0.1, 0.15) is 31.8 Å². The number of carbonyl (C=O) groups excluding carboxylic acids is 2. The fourth-order valence-electron chi connectivity index (χ4n) is 3.51. The molecule has 0 atom stereocenters. The zero-order chi connectivity index (χ0) is 24.2. The molecule has 8 nitrogen and oxygen atoms in total. The number of benzene rings is 3. The van der Waals surface area contributed by atoms with Crippen LogP contribution in [0.25, 0.3) is 10.9 Å². The molecule has 0 bridgehead atoms. The second-order valence-corrected chi connectivity index (χ2v) is 7.76. The highest BCUT2D eigenvalue weighted by Crippen LogP contribution is 2.22. The van der Waals surface area contributed by atoms with Gasteiger partial charge in [0.15, 0.2) is 0 Å². The molecule has 8 heteroatoms. The molecular formula is C26H21N5O3. The van der Waals surface area contributed by atoms with Crippen LogP contribution in [0.5, 0.6) is 5.75 Å². The molecule has 168 valence electrons. The highest BCUT2D eigenvalue weighted by molar-refractivity contribution is 6.08. The van der Waals surface area contributed by atoms with E-state index in [4.69, 9.17) is 5.26 Å². The minimum Gasteiger partial charge on any atom is -0.507 e. The second kappa shape index (κ2) is 9.30. The maximum Gasteiger partial charge on any atom is 0.271 e. The second-order valence-electron chi connectivity index (χ2n) is 7.76. The summed E-state index contributed by atoms with van der Waals surface area (Å²) in [6.07, 6.45) is 3.14. The molecule has 3 aromatic carbocycles. The maximum absolute atomic E-state index is 13.2. The predicted octanol–water partition coefficient (Wildman–Crippen LogP) is 3.74. The number of nitriles is 1. The van der Waals surface area contributed by atoms with E-state index >= 15 is 0 Å². The van der Waals surface area contributed by atoms with Crippen LogP contribution >= 0.6 is 0 Å². The van der Waals surface area contributed by atoms with Crippen LogP contribution in [-0.2, 0) is 0 Å². The zero-order valence-electron chi connectivity index (χ0n) is 18.6. The van der Waals surface area contributed by atoms with E-state index < -0.39 is 5.91 Å². The first-order valence-corrected chi connectivity index (χ1v) is 10.4. The van der Waals surface area contributed by atoms with Crippen LogP contribution in [0.3, 0.4) is 0 Å². The van der Waals surface area contributed by atoms with E-state index in [1.54, 1.807) is 22.9 Å². The minimum atomic E-state index is -0.534. The summed E-state index contributed by atoms with van der Waals surface area (Å²) in [4.78, 5) is 27.5. The van der Waals surface area contributed by atoms with Gasteiger partial charge in [0.05, 0.1) is 17.3 Å². The third kappa shape index (κ3) is 4.36. The van der Waals surface area contributed by atoms with Crippen molar-refractivity contribution in [3.8, 4) is 11.8 Å². The number of carbonyl (C=O) groups is 2. The van der Waals surface area contributed by atoms with Crippen molar-refractivity contribution in [1.29, 1.82) is 5.26 Å². The fourth-order valence-corrected chi connectivity index (χ4v) is 3.51. The Balaban J connectivity index is 1.59. The highest BCUT2D eigenvalue weighted by atomic mass is 16.3. The smallest absolute Gasteiger partial charge is 0.271 e. The number of amides is 1. The Labute approximate surface area is 196 Å². The molecule has 1 heterocycles. The molecule has 0 aliphatic carbocycles. The quantitative estimate of drug-likeness (QED) is 0.355. The Hall–Kier alpha value is -4.90. The lowest BCUT2D eigenvalue weighted by atomic mass is 10.1. The van der Waals surface area contributed by atoms with E-state index in [2.05, 4.69) is 10.5 Å². The fraction of sp³-hybridized carbons (Fsp3) is 0.0769. The van der Waals surface area contributed by atoms with Crippen molar-refractivity contribution in [1.82, 2.24) is 9.99 Å². The van der Waals surface area contributed by atoms with E-state index in [1.807, 2.05) is 61.5 Å². The topological polar surface area (TPSA) is 111 Å². The first-order chi connectivity index (χ1) is 16.4. The van der Waals surface area contributed by atoms with Gasteiger partial charge in [0.2, 0.25) is 0 Å². The van der Waals surface area contributed by atoms with Crippen LogP contribution in [0.4, 0.5) is 5.69 Å². The third-order valence-corrected chi connectivity index (χ3v) is 5.34. The average molecular weight is 451 g/mol. The molecule has 34 heavy (non-hydrogen) atoms. The summed E-state index contributed by atoms with van der Waals surface area (Å²) in [5.41, 5.74) is 5.50. The van der Waals surface area contributed by atoms with Crippen LogP contribution in [-0.4, -0.2) is 41.8 Å². The maximum atomic E-state index is 13.2. The summed E-state index contributed by atoms with van der Waals surface area (Å²) < 4.78 is 1.56. The molecule has 0 saturated carbocycles. The number of anilines is 1. The van der Waals surface area contributed by atoms with Crippen LogP contribution in [0, 0.1) is 11.3 Å². The van der Waals surface area contributed by atoms with Gasteiger partial charge in [-0.1, -0.05) is 18.2 Å². The van der Waals surface area contributed by atoms with Gasteiger partial charge < -0.3 is 10.0 Å². The average Bonchev–Trinajstić information content (AvgIpc) is 3.22. The van der Waals surface area contributed by atoms with Crippen molar-refractivity contribution in [2.24, 2.45) is 5.10 Å². The van der Waals surface area contributed by atoms with Gasteiger partial charge in [-0.05, 0) is 48.5 Å². The Kier molecular flexibility index (Phi) is 6.10. The molecule has 1 aromatic heterocycles. The standard InChI is InChI=1S/C26H21N5O3/c1-30(2)21-10-7-17(8-11-21)26(34)31-16-20(22-5-3-4-6-23(22)31)15-28-29-25(33)18-9-12-24(32)19(13-18)14-27/h3-13,15-16,32H,1-2H3,(H,29,33)/b28-15+. The van der Waals surface area contributed by atoms with Crippen molar-refractivity contribution >= 4 is 34.6 Å². The van der Waals surface area contributed by atoms with Gasteiger partial charge in [-0.3, -0.25) is 14.2 Å². The molecule has 0 radical (unpaired) electrons. The number of phenolic OH excluding ortho intramolecular Hbond substituents is 1. The van der Waals surface area contributed by atoms with E-state index in [0.29, 0.717) is 16.6 Å². The van der Waals surface area contributed by atoms with E-state index in [0.717, 1.165) is 11.1 Å². The lowest BCUT2D eigenvalue weighted by Gasteiger charge is -2.12. The molecule has 0 aliphatic heterocycles. The number of rotatable bonds is 5. The lowest BCUT2D eigenvalue weighted by molar-refractivity contribution is 0.0950. The summed E-state index contributed by atoms with van der Waals surface area (Å²) >= 11 is 0. The molecule has 0 unspecified atom stereocenters. The Morgan fingerprint density at radius 1 is 1.06 bits per heavy atom. The van der Waals surface area contributed by atoms with Crippen molar-refractivity contribution in [3.63, 3.8) is 0 Å². The summed E-state index contributed by atoms with van der Waals surface area (Å²) in [6, 6.07) is 20.6. The number of hydrogen-bond donors (Lipinski definition) is 2. The molecule has 1 amide bonds. The van der Waals surface area contributed by atoms with Crippen molar-refractivity contribution in [2.75, 3.05) is 19.0 Å². The number of hydrogen-bond acceptors (Lipinski definition) is 6. The Morgan fingerprint density at radius 2 is 1.76 bits per heavy atom. The van der Waals surface area contributed by atoms with E-state index in [-0.39, 0.29) is 22.8 Å². The number of nitrogens with one attached hydrogen (secondary N) is 1. The number of nitrogens with zero attached hydrogens (tertiary/aromatic N) is 4. The van der Waals surface area contributed by atoms with Gasteiger partial charge in [-0.25, -0.2) is 5.43 Å². The summed E-state index contributed by atoms with van der Waals surface area (Å²) in [5, 5.41) is 23.4. The molecule has 4 aromatic rings. The van der Waals surface area contributed by atoms with Crippen molar-refractivity contribution in [3.05, 3.63) is 95.2 Å². The van der Waals surface area contributed by atoms with Gasteiger partial charge in [-0.2, -0.15) is 10.4 Å². The molecular weight excluding hydrogens is 430 g/mol. The lowest BCUT2D eigenvalue weighted by Crippen LogP contribution is -2.17. The van der Waals surface area contributed by atoms with Gasteiger partial charge >= 0.3 is 0 Å². The SMILES string of the molecule is CN(C)c1ccc(C(=O)n2cc(/C=N/NC(=O)c3ccc(O)c(C#N)c3)c3ccccc32)cc1. The van der Waals surface area contributed by atoms with Crippen molar-refractivity contribution in [2.45, 2.75) is 0 Å². The monoisotopic (exact) mass is 451 g/mol. The minimum absolute atomic E-state index is 0.00294. The van der Waals surface area contributed by atoms with Crippen LogP contribution in [0.2, 0.25) is 0 Å². The first kappa shape index (κ1) is 22.3. The van der Waals surface area contributed by atoms with E-state index in [9.17, 15) is 14.7 Å². The molecule has 0 fully saturated rings. The predicted molar refractivity (Wildman–Crippen MR) is 130 cm³/mol. The van der Waals surface area contributed by atoms with Crippen LogP contribution < -0.4 is 10.3 Å². The molecule has 4 rings (SSSR count). The van der Waals surface area contributed by atoms with Gasteiger partial charge in [0.1, 0.15) is 11.8 Å². The first-order valence-electron chi connectivity index (χ1n) is 10.4. The van der Waals surface area contributed by atoms with Gasteiger partial charge in [-0.15, -0.1) is 0 Å². The number of fused-ring (bicyclic) bond motifs is 1. The molecule has 0 aliphatic rings. The summed E-state index contributed by atoms with van der Waals surface area (Å²) in [6.45, 7) is 0. The zero-order valence-corrected chi connectivity index (χ0v) is 18.6. The number of para-hydroxylation sites is 1. The highest BCUT2D eigenvalue weighted by Gasteiger charge is 2.15. The Bertz CT molecular complexity index is 1460. The molecule has 0 saturated heterocycles. The summed E-state index contributed by atoms with van der Waals surface area (Å²) in [7, 11) is 3.87. The molecule has 0 spiro atoms. The number of aromatic hydroxyl groups is 1. The number of aromatic nitrogens is 1.